The summed E-state index contributed by atoms with van der Waals surface area (Å²) in [6, 6.07) is 0. The molecule has 0 aromatic heterocycles. The van der Waals surface area contributed by atoms with Gasteiger partial charge in [0.15, 0.2) is 0 Å². The summed E-state index contributed by atoms with van der Waals surface area (Å²) in [5, 5.41) is 57.0. The minimum Gasteiger partial charge on any atom is -0.393 e. The van der Waals surface area contributed by atoms with E-state index in [1.807, 2.05) is 32.9 Å². The van der Waals surface area contributed by atoms with Gasteiger partial charge in [0.25, 0.3) is 0 Å². The molecule has 4 aliphatic rings. The highest BCUT2D eigenvalue weighted by molar-refractivity contribution is 7.80. The van der Waals surface area contributed by atoms with Crippen LogP contribution in [0.1, 0.15) is 79.6 Å². The number of aliphatic hydroxyl groups is 5. The van der Waals surface area contributed by atoms with E-state index >= 15 is 0 Å². The molecule has 0 amide bonds. The average Bonchev–Trinajstić information content (AvgIpc) is 3.06. The van der Waals surface area contributed by atoms with Crippen molar-refractivity contribution in [3.63, 3.8) is 0 Å². The summed E-state index contributed by atoms with van der Waals surface area (Å²) in [5.74, 6) is -0.888. The van der Waals surface area contributed by atoms with Gasteiger partial charge in [-0.1, -0.05) is 46.8 Å². The Morgan fingerprint density at radius 2 is 1.66 bits per heavy atom. The standard InChI is InChI=1S/C28H48O9S/c1-16(2)18(15-37-38(34,35)36)7-6-17(3)20-12-21(30)24-25(20,4)10-9-22-26(5)11-8-19(29)13-28(26,33)23(31)14-27(22,24)32/h6-7,16-24,29-33H,8-15H2,1-5H3,(H,34,35,36). The second-order valence-corrected chi connectivity index (χ2v) is 14.9. The van der Waals surface area contributed by atoms with Gasteiger partial charge in [0.05, 0.1) is 36.1 Å². The Labute approximate surface area is 227 Å². The molecule has 0 saturated heterocycles. The van der Waals surface area contributed by atoms with Crippen LogP contribution in [0.15, 0.2) is 12.2 Å². The maximum absolute atomic E-state index is 12.4. The number of allylic oxidation sites excluding steroid dienone is 1. The maximum Gasteiger partial charge on any atom is 0.397 e. The first-order valence-corrected chi connectivity index (χ1v) is 15.5. The molecule has 4 aliphatic carbocycles. The van der Waals surface area contributed by atoms with Gasteiger partial charge in [-0.15, -0.1) is 0 Å². The average molecular weight is 561 g/mol. The molecule has 12 unspecified atom stereocenters. The van der Waals surface area contributed by atoms with E-state index in [0.717, 1.165) is 6.42 Å². The largest absolute Gasteiger partial charge is 0.397 e. The molecule has 0 heterocycles. The van der Waals surface area contributed by atoms with E-state index in [1.54, 1.807) is 0 Å². The lowest BCUT2D eigenvalue weighted by Crippen LogP contribution is -2.75. The van der Waals surface area contributed by atoms with E-state index in [-0.39, 0.29) is 49.0 Å². The quantitative estimate of drug-likeness (QED) is 0.203. The van der Waals surface area contributed by atoms with Gasteiger partial charge >= 0.3 is 10.4 Å². The second kappa shape index (κ2) is 10.0. The van der Waals surface area contributed by atoms with Gasteiger partial charge in [-0.05, 0) is 61.2 Å². The molecule has 38 heavy (non-hydrogen) atoms. The van der Waals surface area contributed by atoms with Crippen molar-refractivity contribution in [3.8, 4) is 0 Å². The summed E-state index contributed by atoms with van der Waals surface area (Å²) >= 11 is 0. The third-order valence-corrected chi connectivity index (χ3v) is 11.9. The molecule has 6 N–H and O–H groups in total. The zero-order valence-corrected chi connectivity index (χ0v) is 24.1. The molecule has 4 rings (SSSR count). The number of hydrogen-bond acceptors (Lipinski definition) is 8. The zero-order valence-electron chi connectivity index (χ0n) is 23.3. The van der Waals surface area contributed by atoms with E-state index in [0.29, 0.717) is 25.7 Å². The molecule has 0 radical (unpaired) electrons. The van der Waals surface area contributed by atoms with E-state index in [4.69, 9.17) is 4.55 Å². The van der Waals surface area contributed by atoms with Gasteiger partial charge in [0.2, 0.25) is 0 Å². The number of fused-ring (bicyclic) bond motifs is 5. The van der Waals surface area contributed by atoms with Crippen LogP contribution in [0, 0.1) is 46.3 Å². The highest BCUT2D eigenvalue weighted by Crippen LogP contribution is 2.70. The normalized spacial score (nSPS) is 48.9. The third kappa shape index (κ3) is 4.81. The molecular formula is C28H48O9S. The molecule has 0 bridgehead atoms. The van der Waals surface area contributed by atoms with Crippen LogP contribution in [0.5, 0.6) is 0 Å². The summed E-state index contributed by atoms with van der Waals surface area (Å²) in [4.78, 5) is 0. The second-order valence-electron chi connectivity index (χ2n) is 13.8. The molecule has 0 spiro atoms. The molecule has 4 saturated carbocycles. The van der Waals surface area contributed by atoms with Crippen LogP contribution >= 0.6 is 0 Å². The highest BCUT2D eigenvalue weighted by atomic mass is 32.3. The van der Waals surface area contributed by atoms with Crippen LogP contribution < -0.4 is 0 Å². The number of aliphatic hydroxyl groups excluding tert-OH is 3. The predicted molar refractivity (Wildman–Crippen MR) is 141 cm³/mol. The van der Waals surface area contributed by atoms with Crippen LogP contribution in [-0.4, -0.2) is 74.6 Å². The van der Waals surface area contributed by atoms with E-state index in [9.17, 15) is 34.0 Å². The van der Waals surface area contributed by atoms with E-state index in [1.165, 1.54) is 0 Å². The van der Waals surface area contributed by atoms with Gasteiger partial charge in [0, 0.05) is 30.1 Å². The molecule has 12 atom stereocenters. The Bertz CT molecular complexity index is 1020. The minimum atomic E-state index is -4.53. The van der Waals surface area contributed by atoms with Crippen LogP contribution in [-0.2, 0) is 14.6 Å². The Kier molecular flexibility index (Phi) is 8.03. The van der Waals surface area contributed by atoms with Crippen LogP contribution in [0.3, 0.4) is 0 Å². The van der Waals surface area contributed by atoms with Gasteiger partial charge in [-0.25, -0.2) is 4.18 Å². The number of hydrogen-bond donors (Lipinski definition) is 6. The van der Waals surface area contributed by atoms with Gasteiger partial charge in [-0.2, -0.15) is 8.42 Å². The fraction of sp³-hybridized carbons (Fsp3) is 0.929. The molecular weight excluding hydrogens is 512 g/mol. The monoisotopic (exact) mass is 560 g/mol. The predicted octanol–water partition coefficient (Wildman–Crippen LogP) is 2.46. The lowest BCUT2D eigenvalue weighted by atomic mass is 9.40. The highest BCUT2D eigenvalue weighted by Gasteiger charge is 2.74. The van der Waals surface area contributed by atoms with Crippen LogP contribution in [0.2, 0.25) is 0 Å². The topological polar surface area (TPSA) is 165 Å². The summed E-state index contributed by atoms with van der Waals surface area (Å²) in [6.07, 6.45) is 4.25. The van der Waals surface area contributed by atoms with E-state index in [2.05, 4.69) is 18.0 Å². The Hall–Kier alpha value is -0.590. The zero-order chi connectivity index (χ0) is 28.5. The first-order chi connectivity index (χ1) is 17.4. The number of rotatable bonds is 7. The summed E-state index contributed by atoms with van der Waals surface area (Å²) in [5.41, 5.74) is -4.02. The van der Waals surface area contributed by atoms with Crippen molar-refractivity contribution < 1.29 is 42.7 Å². The lowest BCUT2D eigenvalue weighted by molar-refractivity contribution is -0.315. The summed E-state index contributed by atoms with van der Waals surface area (Å²) in [7, 11) is -4.53. The maximum atomic E-state index is 12.4. The first-order valence-electron chi connectivity index (χ1n) is 14.2. The molecule has 0 aromatic carbocycles. The fourth-order valence-corrected chi connectivity index (χ4v) is 9.72. The summed E-state index contributed by atoms with van der Waals surface area (Å²) in [6.45, 7) is 9.85. The third-order valence-electron chi connectivity index (χ3n) is 11.5. The molecule has 4 fully saturated rings. The van der Waals surface area contributed by atoms with Gasteiger partial charge in [0.1, 0.15) is 0 Å². The minimum absolute atomic E-state index is 0.0117. The Morgan fingerprint density at radius 3 is 2.26 bits per heavy atom. The van der Waals surface area contributed by atoms with Crippen molar-refractivity contribution >= 4 is 10.4 Å². The van der Waals surface area contributed by atoms with Crippen LogP contribution in [0.25, 0.3) is 0 Å². The van der Waals surface area contributed by atoms with Gasteiger partial charge in [-0.3, -0.25) is 4.55 Å². The van der Waals surface area contributed by atoms with Crippen molar-refractivity contribution in [1.82, 2.24) is 0 Å². The SMILES string of the molecule is CC(C)C(C=CC(C)C1CC(O)C2C1(C)CCC1C2(O)CC(O)C2(O)CC(O)CCC12C)COS(=O)(=O)O. The Balaban J connectivity index is 1.60. The molecule has 10 heteroatoms. The molecule has 9 nitrogen and oxygen atoms in total. The van der Waals surface area contributed by atoms with E-state index < -0.39 is 56.7 Å². The van der Waals surface area contributed by atoms with Crippen molar-refractivity contribution in [2.75, 3.05) is 6.61 Å². The van der Waals surface area contributed by atoms with Gasteiger partial charge < -0.3 is 25.5 Å². The fourth-order valence-electron chi connectivity index (χ4n) is 9.39. The van der Waals surface area contributed by atoms with Crippen molar-refractivity contribution in [2.45, 2.75) is 109 Å². The van der Waals surface area contributed by atoms with Crippen molar-refractivity contribution in [1.29, 1.82) is 0 Å². The Morgan fingerprint density at radius 1 is 1.00 bits per heavy atom. The first kappa shape index (κ1) is 30.4. The van der Waals surface area contributed by atoms with Crippen molar-refractivity contribution in [3.05, 3.63) is 12.2 Å². The lowest BCUT2D eigenvalue weighted by Gasteiger charge is -2.68. The molecule has 220 valence electrons. The molecule has 0 aliphatic heterocycles. The summed E-state index contributed by atoms with van der Waals surface area (Å²) < 4.78 is 35.7. The van der Waals surface area contributed by atoms with Crippen molar-refractivity contribution in [2.24, 2.45) is 46.3 Å². The van der Waals surface area contributed by atoms with Crippen LogP contribution in [0.4, 0.5) is 0 Å². The smallest absolute Gasteiger partial charge is 0.393 e. The molecule has 0 aromatic rings.